The normalized spacial score (nSPS) is 12.5. The highest BCUT2D eigenvalue weighted by Gasteiger charge is 2.17. The van der Waals surface area contributed by atoms with Crippen molar-refractivity contribution in [2.75, 3.05) is 7.11 Å². The number of fused-ring (bicyclic) bond motifs is 3. The molecule has 0 saturated heterocycles. The Morgan fingerprint density at radius 3 is 2.35 bits per heavy atom. The smallest absolute Gasteiger partial charge is 0.308 e. The molecular formula is C20H22O3. The molecule has 0 amide bonds. The lowest BCUT2D eigenvalue weighted by molar-refractivity contribution is -0.148. The summed E-state index contributed by atoms with van der Waals surface area (Å²) in [7, 11) is 1.70. The first-order valence-corrected chi connectivity index (χ1v) is 8.04. The van der Waals surface area contributed by atoms with Crippen LogP contribution in [0.1, 0.15) is 30.5 Å². The van der Waals surface area contributed by atoms with E-state index >= 15 is 0 Å². The second kappa shape index (κ2) is 6.45. The van der Waals surface area contributed by atoms with Crippen LogP contribution in [0.2, 0.25) is 0 Å². The molecule has 0 atom stereocenters. The highest BCUT2D eigenvalue weighted by Crippen LogP contribution is 2.35. The van der Waals surface area contributed by atoms with Gasteiger partial charge in [-0.15, -0.1) is 0 Å². The summed E-state index contributed by atoms with van der Waals surface area (Å²) >= 11 is 0. The van der Waals surface area contributed by atoms with Gasteiger partial charge >= 0.3 is 5.97 Å². The Balaban J connectivity index is 1.83. The largest absolute Gasteiger partial charge is 0.497 e. The van der Waals surface area contributed by atoms with Crippen LogP contribution in [-0.2, 0) is 29.0 Å². The van der Waals surface area contributed by atoms with Gasteiger partial charge in [0.1, 0.15) is 12.4 Å². The average molecular weight is 310 g/mol. The number of hydrogen-bond acceptors (Lipinski definition) is 3. The molecule has 3 rings (SSSR count). The topological polar surface area (TPSA) is 35.5 Å². The monoisotopic (exact) mass is 310 g/mol. The van der Waals surface area contributed by atoms with Gasteiger partial charge in [-0.2, -0.15) is 0 Å². The molecule has 0 unspecified atom stereocenters. The van der Waals surface area contributed by atoms with Crippen molar-refractivity contribution in [1.82, 2.24) is 0 Å². The Morgan fingerprint density at radius 1 is 1.04 bits per heavy atom. The summed E-state index contributed by atoms with van der Waals surface area (Å²) in [5.74, 6) is 0.666. The summed E-state index contributed by atoms with van der Waals surface area (Å²) in [6.45, 7) is 4.04. The van der Waals surface area contributed by atoms with E-state index in [-0.39, 0.29) is 11.9 Å². The Labute approximate surface area is 137 Å². The minimum absolute atomic E-state index is 0.0884. The fraction of sp³-hybridized carbons (Fsp3) is 0.350. The summed E-state index contributed by atoms with van der Waals surface area (Å²) in [6, 6.07) is 12.6. The third-order valence-corrected chi connectivity index (χ3v) is 4.29. The minimum atomic E-state index is -0.153. The maximum atomic E-state index is 11.6. The van der Waals surface area contributed by atoms with Gasteiger partial charge in [-0.05, 0) is 52.8 Å². The zero-order valence-electron chi connectivity index (χ0n) is 13.9. The number of ether oxygens (including phenoxy) is 2. The van der Waals surface area contributed by atoms with Gasteiger partial charge in [-0.3, -0.25) is 4.79 Å². The molecule has 1 aliphatic rings. The Kier molecular flexibility index (Phi) is 4.37. The molecule has 0 aliphatic heterocycles. The first kappa shape index (κ1) is 15.6. The molecule has 0 heterocycles. The molecular weight excluding hydrogens is 288 g/mol. The summed E-state index contributed by atoms with van der Waals surface area (Å²) in [4.78, 5) is 11.6. The second-order valence-electron chi connectivity index (χ2n) is 6.28. The third kappa shape index (κ3) is 3.24. The van der Waals surface area contributed by atoms with E-state index in [1.165, 1.54) is 22.3 Å². The van der Waals surface area contributed by atoms with Gasteiger partial charge in [0.05, 0.1) is 13.0 Å². The van der Waals surface area contributed by atoms with Crippen molar-refractivity contribution in [3.8, 4) is 16.9 Å². The molecule has 0 fully saturated rings. The Hall–Kier alpha value is -2.29. The summed E-state index contributed by atoms with van der Waals surface area (Å²) < 4.78 is 10.6. The van der Waals surface area contributed by atoms with Crippen LogP contribution in [0.25, 0.3) is 11.1 Å². The molecule has 3 heteroatoms. The zero-order chi connectivity index (χ0) is 16.4. The van der Waals surface area contributed by atoms with Crippen LogP contribution in [0.4, 0.5) is 0 Å². The zero-order valence-corrected chi connectivity index (χ0v) is 13.9. The first-order valence-electron chi connectivity index (χ1n) is 8.04. The molecule has 0 saturated carbocycles. The van der Waals surface area contributed by atoms with E-state index in [2.05, 4.69) is 24.3 Å². The molecule has 1 aliphatic carbocycles. The van der Waals surface area contributed by atoms with Crippen LogP contribution < -0.4 is 4.74 Å². The summed E-state index contributed by atoms with van der Waals surface area (Å²) in [5, 5.41) is 0. The number of aryl methyl sites for hydroxylation is 2. The SMILES string of the molecule is COc1ccc2c(c1)CCc1cc(COC(=O)C(C)C)ccc1-2. The van der Waals surface area contributed by atoms with E-state index in [4.69, 9.17) is 9.47 Å². The molecule has 0 N–H and O–H groups in total. The molecule has 3 nitrogen and oxygen atoms in total. The van der Waals surface area contributed by atoms with Crippen LogP contribution >= 0.6 is 0 Å². The molecule has 2 aromatic carbocycles. The number of benzene rings is 2. The van der Waals surface area contributed by atoms with E-state index in [1.807, 2.05) is 26.0 Å². The fourth-order valence-electron chi connectivity index (χ4n) is 2.96. The minimum Gasteiger partial charge on any atom is -0.497 e. The molecule has 2 aromatic rings. The van der Waals surface area contributed by atoms with E-state index < -0.39 is 0 Å². The maximum Gasteiger partial charge on any atom is 0.308 e. The standard InChI is InChI=1S/C20H22O3/c1-13(2)20(21)23-12-14-4-8-18-15(10-14)5-6-16-11-17(22-3)7-9-19(16)18/h4,7-11,13H,5-6,12H2,1-3H3. The van der Waals surface area contributed by atoms with Crippen molar-refractivity contribution in [2.24, 2.45) is 5.92 Å². The van der Waals surface area contributed by atoms with Gasteiger partial charge in [0.2, 0.25) is 0 Å². The van der Waals surface area contributed by atoms with Crippen LogP contribution in [0.5, 0.6) is 5.75 Å². The van der Waals surface area contributed by atoms with E-state index in [0.717, 1.165) is 24.2 Å². The number of methoxy groups -OCH3 is 1. The average Bonchev–Trinajstić information content (AvgIpc) is 2.58. The second-order valence-corrected chi connectivity index (χ2v) is 6.28. The predicted molar refractivity (Wildman–Crippen MR) is 90.5 cm³/mol. The number of hydrogen-bond donors (Lipinski definition) is 0. The molecule has 0 radical (unpaired) electrons. The van der Waals surface area contributed by atoms with Crippen LogP contribution in [0.3, 0.4) is 0 Å². The van der Waals surface area contributed by atoms with Crippen molar-refractivity contribution in [3.05, 3.63) is 53.1 Å². The number of rotatable bonds is 4. The van der Waals surface area contributed by atoms with Gasteiger partial charge in [0, 0.05) is 0 Å². The maximum absolute atomic E-state index is 11.6. The van der Waals surface area contributed by atoms with Crippen LogP contribution in [-0.4, -0.2) is 13.1 Å². The third-order valence-electron chi connectivity index (χ3n) is 4.29. The lowest BCUT2D eigenvalue weighted by atomic mass is 9.85. The summed E-state index contributed by atoms with van der Waals surface area (Å²) in [5.41, 5.74) is 6.25. The molecule has 0 bridgehead atoms. The highest BCUT2D eigenvalue weighted by molar-refractivity contribution is 5.74. The fourth-order valence-corrected chi connectivity index (χ4v) is 2.96. The van der Waals surface area contributed by atoms with E-state index in [9.17, 15) is 4.79 Å². The lowest BCUT2D eigenvalue weighted by Crippen LogP contribution is -2.12. The van der Waals surface area contributed by atoms with Gasteiger partial charge in [-0.1, -0.05) is 38.1 Å². The molecule has 23 heavy (non-hydrogen) atoms. The van der Waals surface area contributed by atoms with Crippen molar-refractivity contribution < 1.29 is 14.3 Å². The molecule has 0 spiro atoms. The Bertz CT molecular complexity index is 732. The van der Waals surface area contributed by atoms with Crippen molar-refractivity contribution in [1.29, 1.82) is 0 Å². The molecule has 120 valence electrons. The Morgan fingerprint density at radius 2 is 1.70 bits per heavy atom. The van der Waals surface area contributed by atoms with Gasteiger partial charge in [0.25, 0.3) is 0 Å². The number of esters is 1. The van der Waals surface area contributed by atoms with Crippen molar-refractivity contribution in [3.63, 3.8) is 0 Å². The lowest BCUT2D eigenvalue weighted by Gasteiger charge is -2.21. The highest BCUT2D eigenvalue weighted by atomic mass is 16.5. The van der Waals surface area contributed by atoms with Crippen molar-refractivity contribution >= 4 is 5.97 Å². The van der Waals surface area contributed by atoms with E-state index in [0.29, 0.717) is 6.61 Å². The van der Waals surface area contributed by atoms with E-state index in [1.54, 1.807) is 7.11 Å². The number of carbonyl (C=O) groups excluding carboxylic acids is 1. The van der Waals surface area contributed by atoms with Crippen LogP contribution in [0.15, 0.2) is 36.4 Å². The van der Waals surface area contributed by atoms with Gasteiger partial charge < -0.3 is 9.47 Å². The first-order chi connectivity index (χ1) is 11.1. The quantitative estimate of drug-likeness (QED) is 0.795. The van der Waals surface area contributed by atoms with Gasteiger partial charge in [0.15, 0.2) is 0 Å². The van der Waals surface area contributed by atoms with Crippen molar-refractivity contribution in [2.45, 2.75) is 33.3 Å². The summed E-state index contributed by atoms with van der Waals surface area (Å²) in [6.07, 6.45) is 2.01. The number of carbonyl (C=O) groups is 1. The van der Waals surface area contributed by atoms with Crippen LogP contribution in [0, 0.1) is 5.92 Å². The molecule has 0 aromatic heterocycles. The predicted octanol–water partition coefficient (Wildman–Crippen LogP) is 4.16. The van der Waals surface area contributed by atoms with Gasteiger partial charge in [-0.25, -0.2) is 0 Å².